The standard InChI is InChI=1S/C15H24FNO2/c1-11(2)14(10-18)17(3)8-7-12-9-13(16)5-6-15(12)19-4/h5-6,9,11,14,18H,7-8,10H2,1-4H3. The molecule has 0 amide bonds. The molecule has 0 bridgehead atoms. The van der Waals surface area contributed by atoms with Crippen LogP contribution in [-0.2, 0) is 6.42 Å². The first kappa shape index (κ1) is 15.9. The van der Waals surface area contributed by atoms with Gasteiger partial charge in [0.25, 0.3) is 0 Å². The van der Waals surface area contributed by atoms with E-state index in [1.54, 1.807) is 13.2 Å². The molecule has 0 aromatic heterocycles. The van der Waals surface area contributed by atoms with Gasteiger partial charge in [-0.15, -0.1) is 0 Å². The third-order valence-corrected chi connectivity index (χ3v) is 3.50. The molecule has 4 heteroatoms. The van der Waals surface area contributed by atoms with Crippen LogP contribution in [0.3, 0.4) is 0 Å². The van der Waals surface area contributed by atoms with Crippen LogP contribution in [0.15, 0.2) is 18.2 Å². The zero-order valence-electron chi connectivity index (χ0n) is 12.2. The monoisotopic (exact) mass is 269 g/mol. The van der Waals surface area contributed by atoms with Crippen molar-refractivity contribution in [3.63, 3.8) is 0 Å². The van der Waals surface area contributed by atoms with Gasteiger partial charge in [0.15, 0.2) is 0 Å². The molecule has 0 spiro atoms. The van der Waals surface area contributed by atoms with Gasteiger partial charge in [-0.1, -0.05) is 13.8 Å². The van der Waals surface area contributed by atoms with E-state index in [0.29, 0.717) is 18.1 Å². The molecule has 3 nitrogen and oxygen atoms in total. The van der Waals surface area contributed by atoms with Crippen molar-refractivity contribution in [3.05, 3.63) is 29.6 Å². The highest BCUT2D eigenvalue weighted by atomic mass is 19.1. The minimum atomic E-state index is -0.249. The summed E-state index contributed by atoms with van der Waals surface area (Å²) in [7, 11) is 3.57. The molecule has 0 radical (unpaired) electrons. The second-order valence-corrected chi connectivity index (χ2v) is 5.18. The van der Waals surface area contributed by atoms with Crippen LogP contribution in [0.4, 0.5) is 4.39 Å². The Balaban J connectivity index is 2.68. The lowest BCUT2D eigenvalue weighted by Crippen LogP contribution is -2.40. The van der Waals surface area contributed by atoms with Gasteiger partial charge in [-0.05, 0) is 43.1 Å². The van der Waals surface area contributed by atoms with Gasteiger partial charge in [-0.3, -0.25) is 0 Å². The van der Waals surface area contributed by atoms with E-state index in [4.69, 9.17) is 4.74 Å². The van der Waals surface area contributed by atoms with E-state index >= 15 is 0 Å². The fourth-order valence-electron chi connectivity index (χ4n) is 2.26. The number of halogens is 1. The lowest BCUT2D eigenvalue weighted by atomic mass is 10.0. The summed E-state index contributed by atoms with van der Waals surface area (Å²) < 4.78 is 18.5. The summed E-state index contributed by atoms with van der Waals surface area (Å²) in [4.78, 5) is 2.11. The highest BCUT2D eigenvalue weighted by molar-refractivity contribution is 5.34. The predicted octanol–water partition coefficient (Wildman–Crippen LogP) is 2.33. The van der Waals surface area contributed by atoms with Gasteiger partial charge in [0.05, 0.1) is 13.7 Å². The lowest BCUT2D eigenvalue weighted by molar-refractivity contribution is 0.114. The highest BCUT2D eigenvalue weighted by Crippen LogP contribution is 2.20. The fourth-order valence-corrected chi connectivity index (χ4v) is 2.26. The Hall–Kier alpha value is -1.13. The molecule has 19 heavy (non-hydrogen) atoms. The fraction of sp³-hybridized carbons (Fsp3) is 0.600. The first-order chi connectivity index (χ1) is 8.99. The van der Waals surface area contributed by atoms with Crippen LogP contribution in [0, 0.1) is 11.7 Å². The molecule has 1 atom stereocenters. The maximum Gasteiger partial charge on any atom is 0.123 e. The van der Waals surface area contributed by atoms with Crippen molar-refractivity contribution in [2.45, 2.75) is 26.3 Å². The molecule has 0 heterocycles. The van der Waals surface area contributed by atoms with Crippen molar-refractivity contribution >= 4 is 0 Å². The van der Waals surface area contributed by atoms with Crippen molar-refractivity contribution in [2.75, 3.05) is 27.3 Å². The molecule has 1 rings (SSSR count). The van der Waals surface area contributed by atoms with E-state index in [2.05, 4.69) is 18.7 Å². The van der Waals surface area contributed by atoms with Crippen LogP contribution < -0.4 is 4.74 Å². The maximum absolute atomic E-state index is 13.3. The summed E-state index contributed by atoms with van der Waals surface area (Å²) in [5.41, 5.74) is 0.856. The summed E-state index contributed by atoms with van der Waals surface area (Å²) >= 11 is 0. The van der Waals surface area contributed by atoms with E-state index in [-0.39, 0.29) is 18.5 Å². The molecule has 0 saturated carbocycles. The van der Waals surface area contributed by atoms with Crippen LogP contribution in [0.25, 0.3) is 0 Å². The number of hydrogen-bond donors (Lipinski definition) is 1. The normalized spacial score (nSPS) is 13.1. The second-order valence-electron chi connectivity index (χ2n) is 5.18. The molecular weight excluding hydrogens is 245 g/mol. The topological polar surface area (TPSA) is 32.7 Å². The quantitative estimate of drug-likeness (QED) is 0.824. The van der Waals surface area contributed by atoms with E-state index in [0.717, 1.165) is 12.1 Å². The number of aliphatic hydroxyl groups excluding tert-OH is 1. The third-order valence-electron chi connectivity index (χ3n) is 3.50. The maximum atomic E-state index is 13.3. The Bertz CT molecular complexity index is 396. The van der Waals surface area contributed by atoms with Crippen molar-refractivity contribution in [2.24, 2.45) is 5.92 Å². The Morgan fingerprint density at radius 2 is 2.05 bits per heavy atom. The summed E-state index contributed by atoms with van der Waals surface area (Å²) in [6.45, 7) is 5.05. The summed E-state index contributed by atoms with van der Waals surface area (Å²) in [6.07, 6.45) is 0.695. The average Bonchev–Trinajstić information content (AvgIpc) is 2.37. The molecule has 0 fully saturated rings. The molecule has 1 aromatic carbocycles. The number of nitrogens with zero attached hydrogens (tertiary/aromatic N) is 1. The number of benzene rings is 1. The molecule has 0 saturated heterocycles. The van der Waals surface area contributed by atoms with Gasteiger partial charge in [0.2, 0.25) is 0 Å². The van der Waals surface area contributed by atoms with Crippen molar-refractivity contribution in [1.29, 1.82) is 0 Å². The van der Waals surface area contributed by atoms with Gasteiger partial charge in [-0.2, -0.15) is 0 Å². The van der Waals surface area contributed by atoms with Crippen molar-refractivity contribution in [1.82, 2.24) is 4.90 Å². The van der Waals surface area contributed by atoms with Crippen LogP contribution in [0.5, 0.6) is 5.75 Å². The lowest BCUT2D eigenvalue weighted by Gasteiger charge is -2.29. The van der Waals surface area contributed by atoms with Crippen molar-refractivity contribution in [3.8, 4) is 5.75 Å². The minimum Gasteiger partial charge on any atom is -0.496 e. The number of rotatable bonds is 7. The number of ether oxygens (including phenoxy) is 1. The zero-order valence-corrected chi connectivity index (χ0v) is 12.2. The van der Waals surface area contributed by atoms with Crippen molar-refractivity contribution < 1.29 is 14.2 Å². The smallest absolute Gasteiger partial charge is 0.123 e. The number of aliphatic hydroxyl groups is 1. The minimum absolute atomic E-state index is 0.125. The predicted molar refractivity (Wildman–Crippen MR) is 75.0 cm³/mol. The molecule has 0 aliphatic carbocycles. The van der Waals surface area contributed by atoms with Crippen LogP contribution in [0.1, 0.15) is 19.4 Å². The molecule has 108 valence electrons. The number of likely N-dealkylation sites (N-methyl/N-ethyl adjacent to an activating group) is 1. The van der Waals surface area contributed by atoms with Gasteiger partial charge in [-0.25, -0.2) is 4.39 Å². The summed E-state index contributed by atoms with van der Waals surface area (Å²) in [6, 6.07) is 4.68. The molecule has 1 unspecified atom stereocenters. The average molecular weight is 269 g/mol. The molecule has 1 aromatic rings. The summed E-state index contributed by atoms with van der Waals surface area (Å²) in [5.74, 6) is 0.838. The first-order valence-electron chi connectivity index (χ1n) is 6.63. The Morgan fingerprint density at radius 1 is 1.37 bits per heavy atom. The van der Waals surface area contributed by atoms with Crippen LogP contribution >= 0.6 is 0 Å². The number of methoxy groups -OCH3 is 1. The Morgan fingerprint density at radius 3 is 2.58 bits per heavy atom. The van der Waals surface area contributed by atoms with E-state index < -0.39 is 0 Å². The van der Waals surface area contributed by atoms with Gasteiger partial charge in [0.1, 0.15) is 11.6 Å². The van der Waals surface area contributed by atoms with Crippen LogP contribution in [-0.4, -0.2) is 43.4 Å². The molecule has 0 aliphatic rings. The largest absolute Gasteiger partial charge is 0.496 e. The first-order valence-corrected chi connectivity index (χ1v) is 6.63. The Labute approximate surface area is 115 Å². The third kappa shape index (κ3) is 4.48. The number of hydrogen-bond acceptors (Lipinski definition) is 3. The summed E-state index contributed by atoms with van der Waals surface area (Å²) in [5, 5.41) is 9.38. The van der Waals surface area contributed by atoms with Crippen LogP contribution in [0.2, 0.25) is 0 Å². The van der Waals surface area contributed by atoms with Gasteiger partial charge >= 0.3 is 0 Å². The molecule has 0 aliphatic heterocycles. The van der Waals surface area contributed by atoms with E-state index in [9.17, 15) is 9.50 Å². The van der Waals surface area contributed by atoms with Gasteiger partial charge < -0.3 is 14.7 Å². The second kappa shape index (κ2) is 7.46. The van der Waals surface area contributed by atoms with E-state index in [1.165, 1.54) is 12.1 Å². The highest BCUT2D eigenvalue weighted by Gasteiger charge is 2.17. The SMILES string of the molecule is COc1ccc(F)cc1CCN(C)C(CO)C(C)C. The molecule has 1 N–H and O–H groups in total. The molecular formula is C15H24FNO2. The van der Waals surface area contributed by atoms with E-state index in [1.807, 2.05) is 7.05 Å². The van der Waals surface area contributed by atoms with Gasteiger partial charge in [0, 0.05) is 12.6 Å². The zero-order chi connectivity index (χ0) is 14.4. The Kier molecular flexibility index (Phi) is 6.25.